The lowest BCUT2D eigenvalue weighted by molar-refractivity contribution is -0.123. The second kappa shape index (κ2) is 8.56. The van der Waals surface area contributed by atoms with Gasteiger partial charge in [-0.25, -0.2) is 0 Å². The van der Waals surface area contributed by atoms with Crippen molar-refractivity contribution in [2.75, 3.05) is 16.4 Å². The molecule has 6 heteroatoms. The maximum Gasteiger partial charge on any atom is 0.266 e. The average molecular weight is 389 g/mol. The second-order valence-corrected chi connectivity index (χ2v) is 8.99. The van der Waals surface area contributed by atoms with Crippen LogP contribution < -0.4 is 10.6 Å². The highest BCUT2D eigenvalue weighted by atomic mass is 32.2. The van der Waals surface area contributed by atoms with E-state index >= 15 is 0 Å². The first kappa shape index (κ1) is 20.3. The van der Waals surface area contributed by atoms with Crippen molar-refractivity contribution in [2.24, 2.45) is 5.41 Å². The average Bonchev–Trinajstić information content (AvgIpc) is 2.93. The number of thiophene rings is 1. The van der Waals surface area contributed by atoms with Crippen molar-refractivity contribution in [3.63, 3.8) is 0 Å². The van der Waals surface area contributed by atoms with Crippen LogP contribution in [-0.4, -0.2) is 17.6 Å². The minimum atomic E-state index is -0.484. The number of anilines is 2. The number of para-hydroxylation sites is 1. The number of hydrogen-bond donors (Lipinski definition) is 2. The fourth-order valence-corrected chi connectivity index (χ4v) is 3.80. The standard InChI is InChI=1S/C20H24N2O2S2/c1-6-11-25-15-10-8-7-9-14(15)21-18(23)17-13(2)12-16(26-17)22-19(24)20(3,4)5/h6-10,12H,1,11H2,2-5H3,(H,21,23)(H,22,24). The first-order valence-corrected chi connectivity index (χ1v) is 10.1. The van der Waals surface area contributed by atoms with Crippen LogP contribution in [0.15, 0.2) is 47.9 Å². The Kier molecular flexibility index (Phi) is 6.67. The van der Waals surface area contributed by atoms with Crippen molar-refractivity contribution in [1.29, 1.82) is 0 Å². The molecule has 0 bridgehead atoms. The summed E-state index contributed by atoms with van der Waals surface area (Å²) in [7, 11) is 0. The van der Waals surface area contributed by atoms with Crippen LogP contribution in [0.3, 0.4) is 0 Å². The largest absolute Gasteiger partial charge is 0.320 e. The Morgan fingerprint density at radius 2 is 1.92 bits per heavy atom. The van der Waals surface area contributed by atoms with Gasteiger partial charge in [0.2, 0.25) is 5.91 Å². The van der Waals surface area contributed by atoms with Gasteiger partial charge in [-0.05, 0) is 30.7 Å². The minimum absolute atomic E-state index is 0.0723. The third-order valence-corrected chi connectivity index (χ3v) is 5.75. The Balaban J connectivity index is 2.16. The lowest BCUT2D eigenvalue weighted by atomic mass is 9.96. The Labute approximate surface area is 163 Å². The molecular weight excluding hydrogens is 364 g/mol. The van der Waals surface area contributed by atoms with Crippen LogP contribution in [-0.2, 0) is 4.79 Å². The van der Waals surface area contributed by atoms with Gasteiger partial charge in [-0.15, -0.1) is 29.7 Å². The van der Waals surface area contributed by atoms with Gasteiger partial charge in [0.05, 0.1) is 15.6 Å². The molecule has 0 aliphatic carbocycles. The van der Waals surface area contributed by atoms with Crippen LogP contribution in [0, 0.1) is 12.3 Å². The van der Waals surface area contributed by atoms with E-state index in [1.807, 2.05) is 64.1 Å². The summed E-state index contributed by atoms with van der Waals surface area (Å²) in [6, 6.07) is 9.53. The van der Waals surface area contributed by atoms with Gasteiger partial charge in [-0.2, -0.15) is 0 Å². The molecule has 2 aromatic rings. The molecule has 4 nitrogen and oxygen atoms in total. The third-order valence-electron chi connectivity index (χ3n) is 3.53. The number of aryl methyl sites for hydroxylation is 1. The van der Waals surface area contributed by atoms with E-state index in [4.69, 9.17) is 0 Å². The molecule has 0 saturated heterocycles. The highest BCUT2D eigenvalue weighted by Gasteiger charge is 2.23. The molecule has 0 spiro atoms. The van der Waals surface area contributed by atoms with Crippen LogP contribution in [0.4, 0.5) is 10.7 Å². The molecule has 0 atom stereocenters. The topological polar surface area (TPSA) is 58.2 Å². The van der Waals surface area contributed by atoms with E-state index in [2.05, 4.69) is 17.2 Å². The van der Waals surface area contributed by atoms with Crippen LogP contribution in [0.1, 0.15) is 36.0 Å². The highest BCUT2D eigenvalue weighted by molar-refractivity contribution is 7.99. The van der Waals surface area contributed by atoms with E-state index in [0.29, 0.717) is 9.88 Å². The molecule has 2 N–H and O–H groups in total. The molecule has 0 aliphatic rings. The van der Waals surface area contributed by atoms with Crippen LogP contribution in [0.2, 0.25) is 0 Å². The number of carbonyl (C=O) groups excluding carboxylic acids is 2. The summed E-state index contributed by atoms with van der Waals surface area (Å²) in [6.45, 7) is 11.2. The summed E-state index contributed by atoms with van der Waals surface area (Å²) in [5.74, 6) is 0.528. The summed E-state index contributed by atoms with van der Waals surface area (Å²) in [6.07, 6.45) is 1.83. The number of carbonyl (C=O) groups is 2. The zero-order valence-electron chi connectivity index (χ0n) is 15.5. The number of amides is 2. The molecule has 2 amide bonds. The van der Waals surface area contributed by atoms with E-state index in [-0.39, 0.29) is 11.8 Å². The van der Waals surface area contributed by atoms with Crippen LogP contribution >= 0.6 is 23.1 Å². The first-order chi connectivity index (χ1) is 12.2. The normalized spacial score (nSPS) is 11.1. The predicted octanol–water partition coefficient (Wildman–Crippen LogP) is 5.57. The predicted molar refractivity (Wildman–Crippen MR) is 112 cm³/mol. The van der Waals surface area contributed by atoms with Crippen molar-refractivity contribution in [1.82, 2.24) is 0 Å². The summed E-state index contributed by atoms with van der Waals surface area (Å²) < 4.78 is 0. The van der Waals surface area contributed by atoms with Gasteiger partial charge in [0.25, 0.3) is 5.91 Å². The van der Waals surface area contributed by atoms with E-state index in [1.165, 1.54) is 11.3 Å². The Morgan fingerprint density at radius 1 is 1.23 bits per heavy atom. The maximum absolute atomic E-state index is 12.7. The van der Waals surface area contributed by atoms with Gasteiger partial charge in [0, 0.05) is 16.1 Å². The molecule has 0 unspecified atom stereocenters. The molecule has 2 rings (SSSR count). The van der Waals surface area contributed by atoms with Gasteiger partial charge in [0.15, 0.2) is 0 Å². The SMILES string of the molecule is C=CCSc1ccccc1NC(=O)c1sc(NC(=O)C(C)(C)C)cc1C. The quantitative estimate of drug-likeness (QED) is 0.502. The molecule has 26 heavy (non-hydrogen) atoms. The van der Waals surface area contributed by atoms with Crippen molar-refractivity contribution in [2.45, 2.75) is 32.6 Å². The zero-order chi connectivity index (χ0) is 19.3. The fourth-order valence-electron chi connectivity index (χ4n) is 2.09. The molecule has 1 aromatic carbocycles. The Hall–Kier alpha value is -2.05. The number of hydrogen-bond acceptors (Lipinski definition) is 4. The van der Waals surface area contributed by atoms with Crippen molar-refractivity contribution in [3.05, 3.63) is 53.4 Å². The van der Waals surface area contributed by atoms with Gasteiger partial charge in [0.1, 0.15) is 0 Å². The number of rotatable bonds is 6. The Bertz CT molecular complexity index is 819. The molecule has 1 heterocycles. The van der Waals surface area contributed by atoms with Crippen molar-refractivity contribution >= 4 is 45.6 Å². The molecule has 0 fully saturated rings. The molecule has 0 radical (unpaired) electrons. The lowest BCUT2D eigenvalue weighted by Gasteiger charge is -2.16. The van der Waals surface area contributed by atoms with Gasteiger partial charge < -0.3 is 10.6 Å². The molecule has 138 valence electrons. The van der Waals surface area contributed by atoms with E-state index < -0.39 is 5.41 Å². The highest BCUT2D eigenvalue weighted by Crippen LogP contribution is 2.31. The maximum atomic E-state index is 12.7. The fraction of sp³-hybridized carbons (Fsp3) is 0.300. The third kappa shape index (κ3) is 5.22. The zero-order valence-corrected chi connectivity index (χ0v) is 17.1. The van der Waals surface area contributed by atoms with Crippen molar-refractivity contribution < 1.29 is 9.59 Å². The van der Waals surface area contributed by atoms with E-state index in [1.54, 1.807) is 11.8 Å². The van der Waals surface area contributed by atoms with Crippen LogP contribution in [0.5, 0.6) is 0 Å². The second-order valence-electron chi connectivity index (χ2n) is 6.88. The minimum Gasteiger partial charge on any atom is -0.320 e. The number of thioether (sulfide) groups is 1. The van der Waals surface area contributed by atoms with E-state index in [0.717, 1.165) is 21.9 Å². The molecule has 1 aromatic heterocycles. The number of benzene rings is 1. The van der Waals surface area contributed by atoms with Gasteiger partial charge in [-0.3, -0.25) is 9.59 Å². The molecular formula is C20H24N2O2S2. The van der Waals surface area contributed by atoms with Gasteiger partial charge in [-0.1, -0.05) is 39.0 Å². The van der Waals surface area contributed by atoms with Gasteiger partial charge >= 0.3 is 0 Å². The Morgan fingerprint density at radius 3 is 2.58 bits per heavy atom. The summed E-state index contributed by atoms with van der Waals surface area (Å²) >= 11 is 2.91. The smallest absolute Gasteiger partial charge is 0.266 e. The van der Waals surface area contributed by atoms with E-state index in [9.17, 15) is 9.59 Å². The first-order valence-electron chi connectivity index (χ1n) is 8.28. The molecule has 0 aliphatic heterocycles. The summed E-state index contributed by atoms with van der Waals surface area (Å²) in [5.41, 5.74) is 1.13. The van der Waals surface area contributed by atoms with Crippen molar-refractivity contribution in [3.8, 4) is 0 Å². The number of nitrogens with one attached hydrogen (secondary N) is 2. The van der Waals surface area contributed by atoms with Crippen LogP contribution in [0.25, 0.3) is 0 Å². The summed E-state index contributed by atoms with van der Waals surface area (Å²) in [5, 5.41) is 6.54. The monoisotopic (exact) mass is 388 g/mol. The summed E-state index contributed by atoms with van der Waals surface area (Å²) in [4.78, 5) is 26.5. The molecule has 0 saturated carbocycles. The lowest BCUT2D eigenvalue weighted by Crippen LogP contribution is -2.27.